The molecule has 0 unspecified atom stereocenters. The van der Waals surface area contributed by atoms with Crippen molar-refractivity contribution in [1.29, 1.82) is 0 Å². The third-order valence-corrected chi connectivity index (χ3v) is 6.27. The fourth-order valence-electron chi connectivity index (χ4n) is 3.80. The van der Waals surface area contributed by atoms with Crippen LogP contribution in [-0.2, 0) is 34.7 Å². The van der Waals surface area contributed by atoms with E-state index in [0.29, 0.717) is 25.8 Å². The zero-order valence-electron chi connectivity index (χ0n) is 21.1. The molecule has 0 saturated heterocycles. The van der Waals surface area contributed by atoms with Gasteiger partial charge in [-0.3, -0.25) is 18.9 Å². The fourth-order valence-corrected chi connectivity index (χ4v) is 4.36. The Morgan fingerprint density at radius 3 is 2.26 bits per heavy atom. The van der Waals surface area contributed by atoms with E-state index in [9.17, 15) is 23.7 Å². The predicted octanol–water partition coefficient (Wildman–Crippen LogP) is 1.63. The van der Waals surface area contributed by atoms with Crippen molar-refractivity contribution >= 4 is 42.3 Å². The average Bonchev–Trinajstić information content (AvgIpc) is 2.83. The minimum absolute atomic E-state index is 0.0328. The second kappa shape index (κ2) is 15.2. The first-order valence-corrected chi connectivity index (χ1v) is 13.8. The number of carboxylic acid groups (broad SMARTS) is 1. The van der Waals surface area contributed by atoms with Crippen LogP contribution in [0, 0.1) is 0 Å². The highest BCUT2D eigenvalue weighted by Crippen LogP contribution is 2.38. The highest BCUT2D eigenvalue weighted by molar-refractivity contribution is 7.46. The quantitative estimate of drug-likeness (QED) is 0.133. The van der Waals surface area contributed by atoms with Crippen molar-refractivity contribution in [1.82, 2.24) is 16.0 Å². The van der Waals surface area contributed by atoms with E-state index < -0.39 is 31.8 Å². The Labute approximate surface area is 220 Å². The number of phosphoric ester groups is 1. The van der Waals surface area contributed by atoms with Crippen LogP contribution < -0.4 is 16.0 Å². The standard InChI is InChI=1S/C25H34N3O9P/c1-17(37-38(34,35)36)24(25(32)33)28-22(30)13-15-27-21(29)12-3-2-6-14-26-23(31)16-19-10-7-9-18-8-4-5-11-20(18)19/h4-5,7-11,17,24H,2-3,6,12-16H2,1H3,(H,26,31)(H,27,29)(H,28,30)(H,32,33)(H2,34,35,36)/t17-,24-/m0/s1. The lowest BCUT2D eigenvalue weighted by molar-refractivity contribution is -0.144. The Kier molecular flexibility index (Phi) is 12.4. The Morgan fingerprint density at radius 1 is 0.868 bits per heavy atom. The first-order chi connectivity index (χ1) is 18.0. The molecular formula is C25H34N3O9P. The Morgan fingerprint density at radius 2 is 1.55 bits per heavy atom. The van der Waals surface area contributed by atoms with Gasteiger partial charge in [0.2, 0.25) is 17.7 Å². The molecule has 208 valence electrons. The van der Waals surface area contributed by atoms with Crippen LogP contribution in [0.4, 0.5) is 0 Å². The van der Waals surface area contributed by atoms with Gasteiger partial charge < -0.3 is 30.8 Å². The molecular weight excluding hydrogens is 517 g/mol. The Balaban J connectivity index is 1.57. The maximum Gasteiger partial charge on any atom is 0.469 e. The number of amides is 3. The summed E-state index contributed by atoms with van der Waals surface area (Å²) in [5, 5.41) is 18.9. The molecule has 0 radical (unpaired) electrons. The number of rotatable bonds is 16. The lowest BCUT2D eigenvalue weighted by Crippen LogP contribution is -2.48. The van der Waals surface area contributed by atoms with Gasteiger partial charge in [0, 0.05) is 25.9 Å². The number of phosphoric acid groups is 1. The number of fused-ring (bicyclic) bond motifs is 1. The van der Waals surface area contributed by atoms with Crippen molar-refractivity contribution in [3.8, 4) is 0 Å². The Hall–Kier alpha value is -3.31. The van der Waals surface area contributed by atoms with Crippen molar-refractivity contribution < 1.29 is 43.2 Å². The molecule has 2 aromatic carbocycles. The molecule has 0 heterocycles. The molecule has 0 saturated carbocycles. The van der Waals surface area contributed by atoms with Gasteiger partial charge >= 0.3 is 13.8 Å². The number of benzene rings is 2. The largest absolute Gasteiger partial charge is 0.480 e. The van der Waals surface area contributed by atoms with E-state index in [-0.39, 0.29) is 31.2 Å². The molecule has 2 aromatic rings. The molecule has 12 nitrogen and oxygen atoms in total. The van der Waals surface area contributed by atoms with Crippen LogP contribution >= 0.6 is 7.82 Å². The van der Waals surface area contributed by atoms with Gasteiger partial charge in [-0.05, 0) is 36.1 Å². The molecule has 2 atom stereocenters. The molecule has 0 aromatic heterocycles. The van der Waals surface area contributed by atoms with E-state index in [1.54, 1.807) is 0 Å². The van der Waals surface area contributed by atoms with Crippen molar-refractivity contribution in [2.24, 2.45) is 0 Å². The summed E-state index contributed by atoms with van der Waals surface area (Å²) in [5.74, 6) is -2.58. The van der Waals surface area contributed by atoms with Gasteiger partial charge in [-0.25, -0.2) is 9.36 Å². The summed E-state index contributed by atoms with van der Waals surface area (Å²) in [6, 6.07) is 12.1. The third-order valence-electron chi connectivity index (χ3n) is 5.66. The van der Waals surface area contributed by atoms with E-state index in [1.165, 1.54) is 0 Å². The number of unbranched alkanes of at least 4 members (excludes halogenated alkanes) is 2. The van der Waals surface area contributed by atoms with Gasteiger partial charge in [0.15, 0.2) is 6.04 Å². The van der Waals surface area contributed by atoms with Crippen LogP contribution in [0.1, 0.15) is 44.6 Å². The number of nitrogens with one attached hydrogen (secondary N) is 3. The number of hydrogen-bond acceptors (Lipinski definition) is 6. The van der Waals surface area contributed by atoms with Crippen molar-refractivity contribution in [3.63, 3.8) is 0 Å². The summed E-state index contributed by atoms with van der Waals surface area (Å²) >= 11 is 0. The van der Waals surface area contributed by atoms with Crippen LogP contribution in [0.3, 0.4) is 0 Å². The minimum Gasteiger partial charge on any atom is -0.480 e. The topological polar surface area (TPSA) is 191 Å². The zero-order chi connectivity index (χ0) is 28.1. The Bertz CT molecular complexity index is 1160. The fraction of sp³-hybridized carbons (Fsp3) is 0.440. The SMILES string of the molecule is C[C@H](OP(=O)(O)O)[C@H](NC(=O)CCNC(=O)CCCCCNC(=O)Cc1cccc2ccccc12)C(=O)O. The summed E-state index contributed by atoms with van der Waals surface area (Å²) in [7, 11) is -4.93. The predicted molar refractivity (Wildman–Crippen MR) is 139 cm³/mol. The van der Waals surface area contributed by atoms with Crippen LogP contribution in [0.25, 0.3) is 10.8 Å². The number of hydrogen-bond donors (Lipinski definition) is 6. The highest BCUT2D eigenvalue weighted by atomic mass is 31.2. The molecule has 13 heteroatoms. The summed E-state index contributed by atoms with van der Waals surface area (Å²) < 4.78 is 15.2. The van der Waals surface area contributed by atoms with E-state index in [0.717, 1.165) is 29.7 Å². The molecule has 0 bridgehead atoms. The van der Waals surface area contributed by atoms with Gasteiger partial charge in [0.1, 0.15) is 0 Å². The number of aliphatic carboxylic acids is 1. The van der Waals surface area contributed by atoms with Crippen LogP contribution in [0.15, 0.2) is 42.5 Å². The maximum atomic E-state index is 12.3. The summed E-state index contributed by atoms with van der Waals surface area (Å²) in [6.45, 7) is 1.58. The van der Waals surface area contributed by atoms with Crippen LogP contribution in [0.5, 0.6) is 0 Å². The second-order valence-corrected chi connectivity index (χ2v) is 9.95. The molecule has 0 aliphatic rings. The van der Waals surface area contributed by atoms with Gasteiger partial charge in [-0.2, -0.15) is 0 Å². The first-order valence-electron chi connectivity index (χ1n) is 12.2. The van der Waals surface area contributed by atoms with Gasteiger partial charge in [-0.1, -0.05) is 48.9 Å². The lowest BCUT2D eigenvalue weighted by Gasteiger charge is -2.21. The molecule has 2 rings (SSSR count). The smallest absolute Gasteiger partial charge is 0.469 e. The molecule has 0 fully saturated rings. The second-order valence-electron chi connectivity index (χ2n) is 8.76. The van der Waals surface area contributed by atoms with Crippen molar-refractivity contribution in [3.05, 3.63) is 48.0 Å². The maximum absolute atomic E-state index is 12.3. The minimum atomic E-state index is -4.93. The normalized spacial score (nSPS) is 12.9. The summed E-state index contributed by atoms with van der Waals surface area (Å²) in [4.78, 5) is 65.1. The monoisotopic (exact) mass is 551 g/mol. The average molecular weight is 552 g/mol. The van der Waals surface area contributed by atoms with Crippen molar-refractivity contribution in [2.45, 2.75) is 57.6 Å². The highest BCUT2D eigenvalue weighted by Gasteiger charge is 2.32. The van der Waals surface area contributed by atoms with Crippen LogP contribution in [0.2, 0.25) is 0 Å². The molecule has 38 heavy (non-hydrogen) atoms. The lowest BCUT2D eigenvalue weighted by atomic mass is 10.0. The molecule has 0 spiro atoms. The van der Waals surface area contributed by atoms with Gasteiger partial charge in [0.25, 0.3) is 0 Å². The molecule has 0 aliphatic carbocycles. The molecule has 3 amide bonds. The van der Waals surface area contributed by atoms with E-state index >= 15 is 0 Å². The van der Waals surface area contributed by atoms with Gasteiger partial charge in [-0.15, -0.1) is 0 Å². The van der Waals surface area contributed by atoms with E-state index in [2.05, 4.69) is 20.5 Å². The number of carbonyl (C=O) groups is 4. The molecule has 6 N–H and O–H groups in total. The number of carboxylic acids is 1. The van der Waals surface area contributed by atoms with Gasteiger partial charge in [0.05, 0.1) is 12.5 Å². The first kappa shape index (κ1) is 30.9. The zero-order valence-corrected chi connectivity index (χ0v) is 22.0. The summed E-state index contributed by atoms with van der Waals surface area (Å²) in [6.07, 6.45) is 0.852. The van der Waals surface area contributed by atoms with E-state index in [1.807, 2.05) is 42.5 Å². The molecule has 0 aliphatic heterocycles. The van der Waals surface area contributed by atoms with Crippen LogP contribution in [-0.4, -0.2) is 63.8 Å². The van der Waals surface area contributed by atoms with Crippen molar-refractivity contribution in [2.75, 3.05) is 13.1 Å². The summed E-state index contributed by atoms with van der Waals surface area (Å²) in [5.41, 5.74) is 0.966. The number of carbonyl (C=O) groups excluding carboxylic acids is 3. The van der Waals surface area contributed by atoms with E-state index in [4.69, 9.17) is 14.9 Å². The third kappa shape index (κ3) is 11.4.